The van der Waals surface area contributed by atoms with Crippen LogP contribution in [0.15, 0.2) is 30.5 Å². The first-order chi connectivity index (χ1) is 11.0. The smallest absolute Gasteiger partial charge is 0.231 e. The lowest BCUT2D eigenvalue weighted by molar-refractivity contribution is -0.247. The summed E-state index contributed by atoms with van der Waals surface area (Å²) in [4.78, 5) is 11.1. The number of hydrogen-bond donors (Lipinski definition) is 6. The van der Waals surface area contributed by atoms with Gasteiger partial charge in [-0.3, -0.25) is 0 Å². The predicted octanol–water partition coefficient (Wildman–Crippen LogP) is -0.445. The lowest BCUT2D eigenvalue weighted by Gasteiger charge is -2.46. The summed E-state index contributed by atoms with van der Waals surface area (Å²) in [7, 11) is 0. The van der Waals surface area contributed by atoms with E-state index in [2.05, 4.69) is 15.9 Å². The van der Waals surface area contributed by atoms with Gasteiger partial charge in [-0.2, -0.15) is 0 Å². The van der Waals surface area contributed by atoms with Gasteiger partial charge in [-0.05, 0) is 28.1 Å². The summed E-state index contributed by atoms with van der Waals surface area (Å²) >= 11 is 8.45. The lowest BCUT2D eigenvalue weighted by Crippen LogP contribution is -2.68. The highest BCUT2D eigenvalue weighted by Gasteiger charge is 2.65. The van der Waals surface area contributed by atoms with Crippen molar-refractivity contribution in [3.63, 3.8) is 0 Å². The summed E-state index contributed by atoms with van der Waals surface area (Å²) < 4.78 is -1.97. The van der Waals surface area contributed by atoms with Crippen molar-refractivity contribution in [2.75, 3.05) is 6.61 Å². The Morgan fingerprint density at radius 3 is 2.42 bits per heavy atom. The number of benzene rings is 1. The molecule has 0 aliphatic rings. The first-order valence-corrected chi connectivity index (χ1v) is 7.80. The van der Waals surface area contributed by atoms with E-state index in [0.29, 0.717) is 0 Å². The van der Waals surface area contributed by atoms with Crippen LogP contribution in [0.25, 0.3) is 10.9 Å². The summed E-state index contributed by atoms with van der Waals surface area (Å²) in [6.07, 6.45) is -1.52. The van der Waals surface area contributed by atoms with Crippen LogP contribution in [-0.2, 0) is 10.5 Å². The highest BCUT2D eigenvalue weighted by atomic mass is 79.9. The molecule has 1 aromatic heterocycles. The number of nitrogens with zero attached hydrogens (tertiary/aromatic N) is 1. The van der Waals surface area contributed by atoms with E-state index in [4.69, 9.17) is 11.6 Å². The third kappa shape index (κ3) is 2.53. The number of alkyl halides is 2. The van der Waals surface area contributed by atoms with Gasteiger partial charge < -0.3 is 40.0 Å². The van der Waals surface area contributed by atoms with Gasteiger partial charge in [-0.15, -0.1) is 0 Å². The molecular formula is C14H15BrClNO7. The maximum Gasteiger partial charge on any atom is 0.231 e. The quantitative estimate of drug-likeness (QED) is 0.272. The highest BCUT2D eigenvalue weighted by Crippen LogP contribution is 2.47. The zero-order valence-electron chi connectivity index (χ0n) is 12.0. The van der Waals surface area contributed by atoms with Gasteiger partial charge in [0.15, 0.2) is 16.9 Å². The molecule has 2 aromatic rings. The Hall–Kier alpha value is -1.20. The Kier molecular flexibility index (Phi) is 4.99. The van der Waals surface area contributed by atoms with E-state index in [1.54, 1.807) is 6.07 Å². The van der Waals surface area contributed by atoms with Crippen molar-refractivity contribution in [1.29, 1.82) is 0 Å². The second-order valence-corrected chi connectivity index (χ2v) is 7.11. The van der Waals surface area contributed by atoms with Crippen LogP contribution >= 0.6 is 27.5 Å². The zero-order valence-corrected chi connectivity index (χ0v) is 14.4. The number of halogens is 2. The van der Waals surface area contributed by atoms with Crippen LogP contribution < -0.4 is 0 Å². The van der Waals surface area contributed by atoms with Gasteiger partial charge in [0.1, 0.15) is 5.75 Å². The molecule has 0 amide bonds. The van der Waals surface area contributed by atoms with Crippen molar-refractivity contribution < 1.29 is 35.4 Å². The summed E-state index contributed by atoms with van der Waals surface area (Å²) in [5, 5.41) is 57.8. The molecule has 8 nitrogen and oxygen atoms in total. The minimum absolute atomic E-state index is 0.0960. The van der Waals surface area contributed by atoms with Crippen LogP contribution in [0.3, 0.4) is 0 Å². The largest absolute Gasteiger partial charge is 0.506 e. The number of aliphatic hydroxyl groups is 5. The molecule has 132 valence electrons. The molecule has 0 saturated carbocycles. The standard InChI is InChI=1S/C14H15BrClNO7/c15-12(22,7-19)14(16,24)13(23,11(21)6-18)17-5-10(20)8-3-1-2-4-9(8)17/h1-6,11,19-24H,7H2/t11-,12+,13+,14+/m0/s1. The van der Waals surface area contributed by atoms with Gasteiger partial charge in [-0.1, -0.05) is 23.7 Å². The Labute approximate surface area is 149 Å². The Morgan fingerprint density at radius 1 is 1.29 bits per heavy atom. The maximum atomic E-state index is 11.1. The molecule has 0 aliphatic heterocycles. The summed E-state index contributed by atoms with van der Waals surface area (Å²) in [6.45, 7) is -1.17. The summed E-state index contributed by atoms with van der Waals surface area (Å²) in [6, 6.07) is 6.01. The third-order valence-electron chi connectivity index (χ3n) is 3.80. The predicted molar refractivity (Wildman–Crippen MR) is 87.6 cm³/mol. The minimum atomic E-state index is -3.19. The number of aldehydes is 1. The van der Waals surface area contributed by atoms with Gasteiger partial charge in [0.25, 0.3) is 0 Å². The monoisotopic (exact) mass is 423 g/mol. The molecule has 0 saturated heterocycles. The van der Waals surface area contributed by atoms with Gasteiger partial charge >= 0.3 is 0 Å². The molecule has 24 heavy (non-hydrogen) atoms. The van der Waals surface area contributed by atoms with Crippen molar-refractivity contribution in [3.05, 3.63) is 30.5 Å². The molecule has 0 bridgehead atoms. The van der Waals surface area contributed by atoms with Crippen LogP contribution in [0.4, 0.5) is 0 Å². The van der Waals surface area contributed by atoms with Crippen molar-refractivity contribution in [3.8, 4) is 5.75 Å². The molecule has 0 radical (unpaired) electrons. The number of hydrogen-bond acceptors (Lipinski definition) is 7. The number of aromatic hydroxyl groups is 1. The van der Waals surface area contributed by atoms with E-state index in [9.17, 15) is 35.4 Å². The number of fused-ring (bicyclic) bond motifs is 1. The highest BCUT2D eigenvalue weighted by molar-refractivity contribution is 9.10. The normalized spacial score (nSPS) is 20.8. The summed E-state index contributed by atoms with van der Waals surface area (Å²) in [5.74, 6) is -0.336. The van der Waals surface area contributed by atoms with Gasteiger partial charge in [0, 0.05) is 11.6 Å². The molecule has 1 aromatic carbocycles. The fourth-order valence-electron chi connectivity index (χ4n) is 2.42. The van der Waals surface area contributed by atoms with E-state index in [1.807, 2.05) is 0 Å². The SMILES string of the molecule is O=C[C@H](O)[C@](O)(n1cc(O)c2ccccc21)[C@@](O)(Cl)[C@@](O)(Br)CO. The van der Waals surface area contributed by atoms with Crippen molar-refractivity contribution in [2.24, 2.45) is 0 Å². The molecule has 2 rings (SSSR count). The molecule has 1 heterocycles. The fourth-order valence-corrected chi connectivity index (χ4v) is 2.98. The van der Waals surface area contributed by atoms with Crippen LogP contribution in [-0.4, -0.2) is 63.8 Å². The van der Waals surface area contributed by atoms with E-state index < -0.39 is 28.0 Å². The molecule has 0 aliphatic carbocycles. The fraction of sp³-hybridized carbons (Fsp3) is 0.357. The van der Waals surface area contributed by atoms with E-state index in [1.165, 1.54) is 18.2 Å². The number of aromatic nitrogens is 1. The molecule has 0 unspecified atom stereocenters. The Morgan fingerprint density at radius 2 is 1.88 bits per heavy atom. The van der Waals surface area contributed by atoms with Crippen LogP contribution in [0.1, 0.15) is 0 Å². The average molecular weight is 425 g/mol. The van der Waals surface area contributed by atoms with Crippen LogP contribution in [0.2, 0.25) is 0 Å². The molecule has 10 heteroatoms. The number of carbonyl (C=O) groups is 1. The van der Waals surface area contributed by atoms with E-state index in [-0.39, 0.29) is 22.9 Å². The van der Waals surface area contributed by atoms with Crippen molar-refractivity contribution in [1.82, 2.24) is 4.57 Å². The second kappa shape index (κ2) is 6.26. The average Bonchev–Trinajstić information content (AvgIpc) is 2.90. The Bertz CT molecular complexity index is 763. The number of rotatable bonds is 6. The molecule has 6 N–H and O–H groups in total. The number of para-hydroxylation sites is 1. The molecular weight excluding hydrogens is 410 g/mol. The van der Waals surface area contributed by atoms with Crippen molar-refractivity contribution in [2.45, 2.75) is 21.4 Å². The first-order valence-electron chi connectivity index (χ1n) is 6.63. The second-order valence-electron chi connectivity index (χ2n) is 5.25. The van der Waals surface area contributed by atoms with Crippen LogP contribution in [0.5, 0.6) is 5.75 Å². The minimum Gasteiger partial charge on any atom is -0.506 e. The van der Waals surface area contributed by atoms with Crippen molar-refractivity contribution >= 4 is 44.7 Å². The molecule has 4 atom stereocenters. The first kappa shape index (κ1) is 19.1. The third-order valence-corrected chi connectivity index (χ3v) is 5.45. The van der Waals surface area contributed by atoms with Gasteiger partial charge in [-0.25, -0.2) is 0 Å². The molecule has 0 fully saturated rings. The van der Waals surface area contributed by atoms with E-state index >= 15 is 0 Å². The van der Waals surface area contributed by atoms with Gasteiger partial charge in [0.2, 0.25) is 10.8 Å². The lowest BCUT2D eigenvalue weighted by atomic mass is 9.94. The van der Waals surface area contributed by atoms with E-state index in [0.717, 1.165) is 10.8 Å². The molecule has 0 spiro atoms. The number of carbonyl (C=O) groups excluding carboxylic acids is 1. The zero-order chi connectivity index (χ0) is 18.3. The topological polar surface area (TPSA) is 143 Å². The Balaban J connectivity index is 2.84. The van der Waals surface area contributed by atoms with Gasteiger partial charge in [0.05, 0.1) is 12.1 Å². The maximum absolute atomic E-state index is 11.1. The summed E-state index contributed by atoms with van der Waals surface area (Å²) in [5.41, 5.74) is -2.96. The van der Waals surface area contributed by atoms with Crippen LogP contribution in [0, 0.1) is 0 Å². The number of aliphatic hydroxyl groups excluding tert-OH is 2.